The molecule has 0 unspecified atom stereocenters. The van der Waals surface area contributed by atoms with Gasteiger partial charge in [0, 0.05) is 5.38 Å². The van der Waals surface area contributed by atoms with E-state index in [1.807, 2.05) is 28.4 Å². The molecule has 5 nitrogen and oxygen atoms in total. The van der Waals surface area contributed by atoms with Crippen molar-refractivity contribution in [3.63, 3.8) is 0 Å². The first kappa shape index (κ1) is 19.6. The molecule has 0 bridgehead atoms. The van der Waals surface area contributed by atoms with Crippen LogP contribution in [0.5, 0.6) is 11.5 Å². The van der Waals surface area contributed by atoms with Crippen molar-refractivity contribution in [2.45, 2.75) is 6.92 Å². The van der Waals surface area contributed by atoms with Gasteiger partial charge in [0.15, 0.2) is 11.5 Å². The molecular weight excluding hydrogens is 446 g/mol. The Kier molecular flexibility index (Phi) is 6.30. The van der Waals surface area contributed by atoms with Gasteiger partial charge >= 0.3 is 0 Å². The maximum atomic E-state index is 9.97. The van der Waals surface area contributed by atoms with Gasteiger partial charge in [0.05, 0.1) is 34.9 Å². The standard InChI is InChI=1S/C19H18BrN3O2S2/c1-12(2)9-21-19-23(15(11-27-19)17-5-4-6-26-17)22-10-13-7-14(20)18(24)16(8-13)25-3/h4-8,10-11,24H,1,9H2,2-3H3. The number of methoxy groups -OCH3 is 1. The molecule has 0 spiro atoms. The molecule has 0 atom stereocenters. The quantitative estimate of drug-likeness (QED) is 0.407. The third-order valence-corrected chi connectivity index (χ3v) is 5.89. The van der Waals surface area contributed by atoms with E-state index in [9.17, 15) is 5.11 Å². The van der Waals surface area contributed by atoms with Crippen molar-refractivity contribution in [2.24, 2.45) is 10.1 Å². The molecule has 27 heavy (non-hydrogen) atoms. The van der Waals surface area contributed by atoms with Crippen molar-refractivity contribution in [3.05, 3.63) is 62.0 Å². The second-order valence-electron chi connectivity index (χ2n) is 5.76. The molecule has 2 heterocycles. The second kappa shape index (κ2) is 8.69. The van der Waals surface area contributed by atoms with Crippen molar-refractivity contribution >= 4 is 44.8 Å². The highest BCUT2D eigenvalue weighted by molar-refractivity contribution is 9.10. The third kappa shape index (κ3) is 4.58. The zero-order valence-corrected chi connectivity index (χ0v) is 18.1. The fourth-order valence-electron chi connectivity index (χ4n) is 2.26. The van der Waals surface area contributed by atoms with Gasteiger partial charge in [-0.1, -0.05) is 18.2 Å². The number of ether oxygens (including phenoxy) is 1. The molecule has 2 aromatic heterocycles. The van der Waals surface area contributed by atoms with Crippen LogP contribution < -0.4 is 9.54 Å². The van der Waals surface area contributed by atoms with Crippen LogP contribution in [0.15, 0.2) is 61.7 Å². The number of halogens is 1. The fourth-order valence-corrected chi connectivity index (χ4v) is 4.35. The molecule has 8 heteroatoms. The van der Waals surface area contributed by atoms with E-state index in [1.54, 1.807) is 29.7 Å². The maximum Gasteiger partial charge on any atom is 0.206 e. The van der Waals surface area contributed by atoms with Gasteiger partial charge in [0.25, 0.3) is 0 Å². The van der Waals surface area contributed by atoms with Gasteiger partial charge in [-0.25, -0.2) is 4.68 Å². The molecule has 0 saturated carbocycles. The van der Waals surface area contributed by atoms with Gasteiger partial charge in [0.2, 0.25) is 4.80 Å². The largest absolute Gasteiger partial charge is 0.503 e. The zero-order chi connectivity index (χ0) is 19.4. The van der Waals surface area contributed by atoms with E-state index in [4.69, 9.17) is 4.74 Å². The van der Waals surface area contributed by atoms with Crippen LogP contribution in [0.2, 0.25) is 0 Å². The van der Waals surface area contributed by atoms with Crippen molar-refractivity contribution in [3.8, 4) is 22.1 Å². The summed E-state index contributed by atoms with van der Waals surface area (Å²) in [5.74, 6) is 0.445. The van der Waals surface area contributed by atoms with E-state index in [1.165, 1.54) is 18.4 Å². The average Bonchev–Trinajstić information content (AvgIpc) is 3.29. The zero-order valence-electron chi connectivity index (χ0n) is 14.8. The van der Waals surface area contributed by atoms with E-state index in [0.29, 0.717) is 16.8 Å². The minimum atomic E-state index is 0.0641. The van der Waals surface area contributed by atoms with Crippen molar-refractivity contribution in [1.82, 2.24) is 4.68 Å². The molecule has 0 fully saturated rings. The lowest BCUT2D eigenvalue weighted by Crippen LogP contribution is -2.12. The van der Waals surface area contributed by atoms with Gasteiger partial charge < -0.3 is 9.84 Å². The van der Waals surface area contributed by atoms with Gasteiger partial charge in [-0.05, 0) is 52.0 Å². The Morgan fingerprint density at radius 1 is 1.41 bits per heavy atom. The Hall–Kier alpha value is -2.16. The van der Waals surface area contributed by atoms with Gasteiger partial charge in [0.1, 0.15) is 0 Å². The van der Waals surface area contributed by atoms with E-state index in [2.05, 4.69) is 38.7 Å². The number of phenols is 1. The maximum absolute atomic E-state index is 9.97. The Morgan fingerprint density at radius 2 is 2.22 bits per heavy atom. The Bertz CT molecular complexity index is 1050. The number of hydrogen-bond acceptors (Lipinski definition) is 6. The Labute approximate surface area is 173 Å². The Morgan fingerprint density at radius 3 is 2.89 bits per heavy atom. The number of rotatable bonds is 6. The van der Waals surface area contributed by atoms with E-state index in [-0.39, 0.29) is 5.75 Å². The predicted octanol–water partition coefficient (Wildman–Crippen LogP) is 5.11. The molecule has 0 amide bonds. The van der Waals surface area contributed by atoms with Crippen LogP contribution >= 0.6 is 38.6 Å². The predicted molar refractivity (Wildman–Crippen MR) is 116 cm³/mol. The van der Waals surface area contributed by atoms with Crippen LogP contribution in [0, 0.1) is 0 Å². The minimum absolute atomic E-state index is 0.0641. The number of nitrogens with zero attached hydrogens (tertiary/aromatic N) is 3. The molecule has 140 valence electrons. The van der Waals surface area contributed by atoms with Crippen LogP contribution in [-0.4, -0.2) is 29.7 Å². The number of thiophene rings is 1. The summed E-state index contributed by atoms with van der Waals surface area (Å²) in [5.41, 5.74) is 2.76. The van der Waals surface area contributed by atoms with Gasteiger partial charge in [-0.3, -0.25) is 4.99 Å². The van der Waals surface area contributed by atoms with Crippen molar-refractivity contribution in [2.75, 3.05) is 13.7 Å². The fraction of sp³-hybridized carbons (Fsp3) is 0.158. The molecule has 0 radical (unpaired) electrons. The van der Waals surface area contributed by atoms with Crippen LogP contribution in [-0.2, 0) is 0 Å². The van der Waals surface area contributed by atoms with E-state index >= 15 is 0 Å². The molecule has 3 aromatic rings. The molecule has 0 saturated heterocycles. The topological polar surface area (TPSA) is 59.1 Å². The molecule has 0 aliphatic heterocycles. The summed E-state index contributed by atoms with van der Waals surface area (Å²) in [6, 6.07) is 7.58. The summed E-state index contributed by atoms with van der Waals surface area (Å²) >= 11 is 6.53. The first-order valence-electron chi connectivity index (χ1n) is 7.99. The smallest absolute Gasteiger partial charge is 0.206 e. The molecular formula is C19H18BrN3O2S2. The summed E-state index contributed by atoms with van der Waals surface area (Å²) in [6.07, 6.45) is 1.72. The SMILES string of the molecule is C=C(C)CN=c1scc(-c2cccs2)n1N=Cc1cc(Br)c(O)c(OC)c1. The number of phenolic OH excluding ortho intramolecular Hbond substituents is 1. The Balaban J connectivity index is 2.06. The summed E-state index contributed by atoms with van der Waals surface area (Å²) in [4.78, 5) is 6.52. The first-order chi connectivity index (χ1) is 13.0. The molecule has 0 aliphatic carbocycles. The highest BCUT2D eigenvalue weighted by Crippen LogP contribution is 2.34. The lowest BCUT2D eigenvalue weighted by molar-refractivity contribution is 0.372. The second-order valence-corrected chi connectivity index (χ2v) is 8.40. The van der Waals surface area contributed by atoms with Crippen LogP contribution in [0.4, 0.5) is 0 Å². The summed E-state index contributed by atoms with van der Waals surface area (Å²) < 4.78 is 7.57. The number of thiazole rings is 1. The molecule has 1 N–H and O–H groups in total. The van der Waals surface area contributed by atoms with Crippen molar-refractivity contribution in [1.29, 1.82) is 0 Å². The molecule has 1 aromatic carbocycles. The van der Waals surface area contributed by atoms with E-state index in [0.717, 1.165) is 26.5 Å². The highest BCUT2D eigenvalue weighted by Gasteiger charge is 2.10. The number of aromatic nitrogens is 1. The average molecular weight is 464 g/mol. The van der Waals surface area contributed by atoms with Gasteiger partial charge in [-0.2, -0.15) is 5.10 Å². The minimum Gasteiger partial charge on any atom is -0.503 e. The monoisotopic (exact) mass is 463 g/mol. The highest BCUT2D eigenvalue weighted by atomic mass is 79.9. The number of benzene rings is 1. The van der Waals surface area contributed by atoms with Crippen LogP contribution in [0.25, 0.3) is 10.6 Å². The summed E-state index contributed by atoms with van der Waals surface area (Å²) in [5, 5.41) is 18.7. The van der Waals surface area contributed by atoms with Crippen molar-refractivity contribution < 1.29 is 9.84 Å². The lowest BCUT2D eigenvalue weighted by Gasteiger charge is -2.06. The normalized spacial score (nSPS) is 12.0. The summed E-state index contributed by atoms with van der Waals surface area (Å²) in [6.45, 7) is 6.41. The lowest BCUT2D eigenvalue weighted by atomic mass is 10.2. The summed E-state index contributed by atoms with van der Waals surface area (Å²) in [7, 11) is 1.51. The van der Waals surface area contributed by atoms with Crippen LogP contribution in [0.1, 0.15) is 12.5 Å². The first-order valence-corrected chi connectivity index (χ1v) is 10.5. The van der Waals surface area contributed by atoms with Crippen LogP contribution in [0.3, 0.4) is 0 Å². The molecule has 0 aliphatic rings. The molecule has 3 rings (SSSR count). The third-order valence-electron chi connectivity index (χ3n) is 3.54. The number of hydrogen-bond donors (Lipinski definition) is 1. The van der Waals surface area contributed by atoms with E-state index < -0.39 is 0 Å². The number of aromatic hydroxyl groups is 1. The van der Waals surface area contributed by atoms with Gasteiger partial charge in [-0.15, -0.1) is 22.7 Å².